The van der Waals surface area contributed by atoms with Gasteiger partial charge in [-0.15, -0.1) is 0 Å². The van der Waals surface area contributed by atoms with E-state index < -0.39 is 0 Å². The first-order valence-corrected chi connectivity index (χ1v) is 4.09. The van der Waals surface area contributed by atoms with Crippen molar-refractivity contribution in [3.63, 3.8) is 0 Å². The standard InChI is InChI=1S/C9H14O/c1-7(2)9-3-8(4-9,5-9)6-10/h6-7H,3-5H2,1-2H3. The van der Waals surface area contributed by atoms with Crippen LogP contribution in [-0.2, 0) is 4.79 Å². The van der Waals surface area contributed by atoms with Crippen molar-refractivity contribution in [2.75, 3.05) is 0 Å². The molecule has 2 bridgehead atoms. The summed E-state index contributed by atoms with van der Waals surface area (Å²) in [7, 11) is 0. The highest BCUT2D eigenvalue weighted by Gasteiger charge is 2.68. The number of carbonyl (C=O) groups excluding carboxylic acids is 1. The Labute approximate surface area is 61.8 Å². The Hall–Kier alpha value is -0.330. The van der Waals surface area contributed by atoms with Crippen LogP contribution in [0.4, 0.5) is 0 Å². The summed E-state index contributed by atoms with van der Waals surface area (Å²) in [6.45, 7) is 4.54. The average Bonchev–Trinajstić information content (AvgIpc) is 1.57. The molecule has 3 aliphatic rings. The lowest BCUT2D eigenvalue weighted by Crippen LogP contribution is -2.64. The Bertz CT molecular complexity index is 161. The van der Waals surface area contributed by atoms with E-state index in [2.05, 4.69) is 13.8 Å². The second kappa shape index (κ2) is 1.46. The van der Waals surface area contributed by atoms with Crippen LogP contribution in [0.5, 0.6) is 0 Å². The van der Waals surface area contributed by atoms with Gasteiger partial charge in [-0.05, 0) is 30.6 Å². The van der Waals surface area contributed by atoms with Crippen molar-refractivity contribution < 1.29 is 4.79 Å². The monoisotopic (exact) mass is 138 g/mol. The van der Waals surface area contributed by atoms with E-state index in [1.165, 1.54) is 25.5 Å². The van der Waals surface area contributed by atoms with Crippen LogP contribution in [0.15, 0.2) is 0 Å². The van der Waals surface area contributed by atoms with E-state index in [9.17, 15) is 4.79 Å². The first-order chi connectivity index (χ1) is 4.63. The maximum Gasteiger partial charge on any atom is 0.126 e. The molecule has 0 atom stereocenters. The summed E-state index contributed by atoms with van der Waals surface area (Å²) in [5.41, 5.74) is 0.769. The third-order valence-corrected chi connectivity index (χ3v) is 3.59. The van der Waals surface area contributed by atoms with Crippen molar-refractivity contribution in [1.82, 2.24) is 0 Å². The third kappa shape index (κ3) is 0.480. The predicted molar refractivity (Wildman–Crippen MR) is 39.6 cm³/mol. The first kappa shape index (κ1) is 6.38. The van der Waals surface area contributed by atoms with Crippen molar-refractivity contribution in [3.8, 4) is 0 Å². The van der Waals surface area contributed by atoms with E-state index in [-0.39, 0.29) is 5.41 Å². The second-order valence-corrected chi connectivity index (χ2v) is 4.53. The van der Waals surface area contributed by atoms with Gasteiger partial charge in [-0.1, -0.05) is 13.8 Å². The van der Waals surface area contributed by atoms with Gasteiger partial charge in [0.1, 0.15) is 6.29 Å². The Morgan fingerprint density at radius 1 is 1.30 bits per heavy atom. The molecule has 1 heteroatoms. The molecule has 0 unspecified atom stereocenters. The predicted octanol–water partition coefficient (Wildman–Crippen LogP) is 2.01. The van der Waals surface area contributed by atoms with Crippen LogP contribution in [-0.4, -0.2) is 6.29 Å². The van der Waals surface area contributed by atoms with Crippen molar-refractivity contribution in [1.29, 1.82) is 0 Å². The van der Waals surface area contributed by atoms with Gasteiger partial charge in [0.25, 0.3) is 0 Å². The molecule has 3 rings (SSSR count). The summed E-state index contributed by atoms with van der Waals surface area (Å²) < 4.78 is 0. The first-order valence-electron chi connectivity index (χ1n) is 4.09. The number of rotatable bonds is 2. The minimum Gasteiger partial charge on any atom is -0.303 e. The summed E-state index contributed by atoms with van der Waals surface area (Å²) >= 11 is 0. The minimum atomic E-state index is 0.171. The minimum absolute atomic E-state index is 0.171. The van der Waals surface area contributed by atoms with Crippen molar-refractivity contribution in [3.05, 3.63) is 0 Å². The van der Waals surface area contributed by atoms with E-state index in [0.29, 0.717) is 5.41 Å². The molecular weight excluding hydrogens is 124 g/mol. The zero-order valence-electron chi connectivity index (χ0n) is 6.68. The third-order valence-electron chi connectivity index (χ3n) is 3.59. The zero-order valence-corrected chi connectivity index (χ0v) is 6.68. The normalized spacial score (nSPS) is 49.9. The molecule has 3 aliphatic carbocycles. The van der Waals surface area contributed by atoms with E-state index in [4.69, 9.17) is 0 Å². The van der Waals surface area contributed by atoms with Crippen LogP contribution >= 0.6 is 0 Å². The highest BCUT2D eigenvalue weighted by atomic mass is 16.1. The summed E-state index contributed by atoms with van der Waals surface area (Å²) in [5.74, 6) is 0.786. The molecule has 0 spiro atoms. The Kier molecular flexibility index (Phi) is 0.934. The molecule has 0 aromatic heterocycles. The summed E-state index contributed by atoms with van der Waals surface area (Å²) in [5, 5.41) is 0. The molecule has 0 aliphatic heterocycles. The molecule has 56 valence electrons. The number of aldehydes is 1. The SMILES string of the molecule is CC(C)C12CC(C=O)(C1)C2. The highest BCUT2D eigenvalue weighted by Crippen LogP contribution is 2.75. The van der Waals surface area contributed by atoms with E-state index >= 15 is 0 Å². The number of hydrogen-bond donors (Lipinski definition) is 0. The second-order valence-electron chi connectivity index (χ2n) is 4.53. The molecule has 0 amide bonds. The van der Waals surface area contributed by atoms with Gasteiger partial charge in [0, 0.05) is 5.41 Å². The molecular formula is C9H14O. The quantitative estimate of drug-likeness (QED) is 0.533. The van der Waals surface area contributed by atoms with E-state index in [1.807, 2.05) is 0 Å². The molecule has 10 heavy (non-hydrogen) atoms. The fraction of sp³-hybridized carbons (Fsp3) is 0.889. The van der Waals surface area contributed by atoms with Gasteiger partial charge in [0.2, 0.25) is 0 Å². The van der Waals surface area contributed by atoms with Gasteiger partial charge in [-0.3, -0.25) is 0 Å². The van der Waals surface area contributed by atoms with Gasteiger partial charge in [0.05, 0.1) is 0 Å². The van der Waals surface area contributed by atoms with Gasteiger partial charge < -0.3 is 4.79 Å². The Balaban J connectivity index is 2.04. The van der Waals surface area contributed by atoms with Crippen LogP contribution in [0.2, 0.25) is 0 Å². The van der Waals surface area contributed by atoms with Crippen LogP contribution in [0, 0.1) is 16.7 Å². The number of carbonyl (C=O) groups is 1. The molecule has 0 heterocycles. The molecule has 0 N–H and O–H groups in total. The lowest BCUT2D eigenvalue weighted by molar-refractivity contribution is -0.213. The molecule has 3 fully saturated rings. The summed E-state index contributed by atoms with van der Waals surface area (Å²) in [6.07, 6.45) is 4.72. The average molecular weight is 138 g/mol. The smallest absolute Gasteiger partial charge is 0.126 e. The zero-order chi connectivity index (χ0) is 7.41. The van der Waals surface area contributed by atoms with Gasteiger partial charge >= 0.3 is 0 Å². The van der Waals surface area contributed by atoms with Crippen LogP contribution in [0.1, 0.15) is 33.1 Å². The maximum atomic E-state index is 10.5. The molecule has 0 radical (unpaired) electrons. The molecule has 1 nitrogen and oxygen atoms in total. The largest absolute Gasteiger partial charge is 0.303 e. The van der Waals surface area contributed by atoms with Crippen molar-refractivity contribution in [2.24, 2.45) is 16.7 Å². The Morgan fingerprint density at radius 2 is 1.80 bits per heavy atom. The summed E-state index contributed by atoms with van der Waals surface area (Å²) in [6, 6.07) is 0. The maximum absolute atomic E-state index is 10.5. The van der Waals surface area contributed by atoms with Crippen LogP contribution in [0.25, 0.3) is 0 Å². The fourth-order valence-electron chi connectivity index (χ4n) is 2.69. The van der Waals surface area contributed by atoms with E-state index in [1.54, 1.807) is 0 Å². The van der Waals surface area contributed by atoms with Crippen molar-refractivity contribution in [2.45, 2.75) is 33.1 Å². The van der Waals surface area contributed by atoms with E-state index in [0.717, 1.165) is 5.92 Å². The molecule has 0 aromatic rings. The lowest BCUT2D eigenvalue weighted by atomic mass is 9.33. The van der Waals surface area contributed by atoms with Gasteiger partial charge in [-0.2, -0.15) is 0 Å². The topological polar surface area (TPSA) is 17.1 Å². The van der Waals surface area contributed by atoms with Gasteiger partial charge in [-0.25, -0.2) is 0 Å². The molecule has 3 saturated carbocycles. The highest BCUT2D eigenvalue weighted by molar-refractivity contribution is 5.66. The Morgan fingerprint density at radius 3 is 2.10 bits per heavy atom. The van der Waals surface area contributed by atoms with Crippen LogP contribution < -0.4 is 0 Å². The molecule has 0 saturated heterocycles. The van der Waals surface area contributed by atoms with Crippen LogP contribution in [0.3, 0.4) is 0 Å². The molecule has 0 aromatic carbocycles. The fourth-order valence-corrected chi connectivity index (χ4v) is 2.69. The van der Waals surface area contributed by atoms with Gasteiger partial charge in [0.15, 0.2) is 0 Å². The van der Waals surface area contributed by atoms with Crippen molar-refractivity contribution >= 4 is 6.29 Å². The summed E-state index contributed by atoms with van der Waals surface area (Å²) in [4.78, 5) is 10.5. The lowest BCUT2D eigenvalue weighted by Gasteiger charge is -2.70. The number of hydrogen-bond acceptors (Lipinski definition) is 1.